The molecule has 1 saturated heterocycles. The summed E-state index contributed by atoms with van der Waals surface area (Å²) in [6, 6.07) is 6.39. The maximum Gasteiger partial charge on any atom is 0.445 e. The fourth-order valence-electron chi connectivity index (χ4n) is 3.34. The second-order valence-electron chi connectivity index (χ2n) is 6.28. The van der Waals surface area contributed by atoms with Crippen molar-refractivity contribution < 1.29 is 13.2 Å². The maximum absolute atomic E-state index is 12.7. The normalized spacial score (nSPS) is 17.6. The molecule has 2 aliphatic rings. The van der Waals surface area contributed by atoms with E-state index in [1.807, 2.05) is 4.90 Å². The summed E-state index contributed by atoms with van der Waals surface area (Å²) in [7, 11) is 0. The van der Waals surface area contributed by atoms with E-state index in [1.54, 1.807) is 0 Å². The Hall–Kier alpha value is -1.58. The molecule has 1 N–H and O–H groups in total. The number of hydrogen-bond acceptors (Lipinski definition) is 6. The van der Waals surface area contributed by atoms with Crippen molar-refractivity contribution in [1.82, 2.24) is 15.1 Å². The summed E-state index contributed by atoms with van der Waals surface area (Å²) < 4.78 is 38.0. The molecule has 0 unspecified atom stereocenters. The van der Waals surface area contributed by atoms with Crippen molar-refractivity contribution in [2.45, 2.75) is 19.1 Å². The molecular weight excluding hydrogens is 387 g/mol. The van der Waals surface area contributed by atoms with Crippen molar-refractivity contribution in [2.24, 2.45) is 0 Å². The molecule has 142 valence electrons. The SMILES string of the molecule is Cl.FC(F)(F)c1nnc(N2CCN(Cc3cccc4c3NCC4)CC2)s1. The number of alkyl halides is 3. The van der Waals surface area contributed by atoms with Gasteiger partial charge in [0.1, 0.15) is 0 Å². The molecule has 26 heavy (non-hydrogen) atoms. The first-order valence-corrected chi connectivity index (χ1v) is 9.05. The Morgan fingerprint density at radius 2 is 1.88 bits per heavy atom. The number of aromatic nitrogens is 2. The third-order valence-electron chi connectivity index (χ3n) is 4.63. The molecule has 3 heterocycles. The summed E-state index contributed by atoms with van der Waals surface area (Å²) in [6.45, 7) is 4.76. The van der Waals surface area contributed by atoms with Crippen LogP contribution in [-0.2, 0) is 19.1 Å². The molecule has 0 saturated carbocycles. The predicted molar refractivity (Wildman–Crippen MR) is 98.3 cm³/mol. The van der Waals surface area contributed by atoms with Gasteiger partial charge >= 0.3 is 6.18 Å². The van der Waals surface area contributed by atoms with Gasteiger partial charge in [0.15, 0.2) is 0 Å². The van der Waals surface area contributed by atoms with E-state index in [0.717, 1.165) is 32.6 Å². The topological polar surface area (TPSA) is 44.3 Å². The van der Waals surface area contributed by atoms with Crippen LogP contribution in [0.1, 0.15) is 16.1 Å². The van der Waals surface area contributed by atoms with E-state index >= 15 is 0 Å². The van der Waals surface area contributed by atoms with E-state index < -0.39 is 11.2 Å². The lowest BCUT2D eigenvalue weighted by Gasteiger charge is -2.34. The lowest BCUT2D eigenvalue weighted by molar-refractivity contribution is -0.138. The highest BCUT2D eigenvalue weighted by molar-refractivity contribution is 7.15. The van der Waals surface area contributed by atoms with Crippen molar-refractivity contribution >= 4 is 34.6 Å². The molecule has 0 radical (unpaired) electrons. The van der Waals surface area contributed by atoms with Crippen LogP contribution in [0, 0.1) is 0 Å². The first-order valence-electron chi connectivity index (χ1n) is 8.23. The average Bonchev–Trinajstić information content (AvgIpc) is 3.25. The van der Waals surface area contributed by atoms with Crippen molar-refractivity contribution in [3.05, 3.63) is 34.3 Å². The van der Waals surface area contributed by atoms with Gasteiger partial charge in [0, 0.05) is 45.0 Å². The van der Waals surface area contributed by atoms with Crippen LogP contribution in [0.5, 0.6) is 0 Å². The lowest BCUT2D eigenvalue weighted by atomic mass is 10.1. The number of para-hydroxylation sites is 1. The van der Waals surface area contributed by atoms with Gasteiger partial charge in [-0.05, 0) is 17.5 Å². The number of hydrogen-bond donors (Lipinski definition) is 1. The Morgan fingerprint density at radius 3 is 2.58 bits per heavy atom. The molecule has 1 fully saturated rings. The highest BCUT2D eigenvalue weighted by Gasteiger charge is 2.36. The Labute approximate surface area is 159 Å². The number of nitrogens with zero attached hydrogens (tertiary/aromatic N) is 4. The molecule has 5 nitrogen and oxygen atoms in total. The van der Waals surface area contributed by atoms with Gasteiger partial charge in [0.25, 0.3) is 0 Å². The Bertz CT molecular complexity index is 759. The zero-order valence-electron chi connectivity index (χ0n) is 13.9. The van der Waals surface area contributed by atoms with Crippen LogP contribution in [0.2, 0.25) is 0 Å². The summed E-state index contributed by atoms with van der Waals surface area (Å²) in [4.78, 5) is 4.22. The van der Waals surface area contributed by atoms with Crippen LogP contribution in [0.25, 0.3) is 0 Å². The average molecular weight is 406 g/mol. The zero-order valence-corrected chi connectivity index (χ0v) is 15.6. The highest BCUT2D eigenvalue weighted by atomic mass is 35.5. The van der Waals surface area contributed by atoms with E-state index in [-0.39, 0.29) is 12.4 Å². The van der Waals surface area contributed by atoms with Gasteiger partial charge in [-0.3, -0.25) is 4.90 Å². The number of fused-ring (bicyclic) bond motifs is 1. The smallest absolute Gasteiger partial charge is 0.384 e. The first-order chi connectivity index (χ1) is 12.0. The van der Waals surface area contributed by atoms with Crippen LogP contribution < -0.4 is 10.2 Å². The molecular formula is C16H19ClF3N5S. The molecule has 0 atom stereocenters. The number of nitrogens with one attached hydrogen (secondary N) is 1. The first kappa shape index (κ1) is 19.2. The number of benzene rings is 1. The molecule has 0 aliphatic carbocycles. The monoisotopic (exact) mass is 405 g/mol. The minimum absolute atomic E-state index is 0. The van der Waals surface area contributed by atoms with Crippen molar-refractivity contribution in [2.75, 3.05) is 42.9 Å². The minimum Gasteiger partial charge on any atom is -0.384 e. The van der Waals surface area contributed by atoms with Crippen LogP contribution in [0.3, 0.4) is 0 Å². The maximum atomic E-state index is 12.7. The van der Waals surface area contributed by atoms with Crippen LogP contribution in [0.4, 0.5) is 24.0 Å². The second kappa shape index (κ2) is 7.58. The van der Waals surface area contributed by atoms with E-state index in [4.69, 9.17) is 0 Å². The molecule has 4 rings (SSSR count). The molecule has 1 aromatic carbocycles. The number of halogens is 4. The molecule has 0 spiro atoms. The third kappa shape index (κ3) is 3.89. The molecule has 10 heteroatoms. The van der Waals surface area contributed by atoms with Gasteiger partial charge in [-0.25, -0.2) is 0 Å². The van der Waals surface area contributed by atoms with E-state index in [1.165, 1.54) is 16.8 Å². The van der Waals surface area contributed by atoms with Crippen molar-refractivity contribution in [3.63, 3.8) is 0 Å². The van der Waals surface area contributed by atoms with Gasteiger partial charge in [0.2, 0.25) is 10.1 Å². The van der Waals surface area contributed by atoms with Gasteiger partial charge < -0.3 is 10.2 Å². The van der Waals surface area contributed by atoms with Gasteiger partial charge in [-0.1, -0.05) is 29.5 Å². The Kier molecular flexibility index (Phi) is 5.59. The second-order valence-corrected chi connectivity index (χ2v) is 7.23. The van der Waals surface area contributed by atoms with Crippen LogP contribution >= 0.6 is 23.7 Å². The third-order valence-corrected chi connectivity index (χ3v) is 5.66. The quantitative estimate of drug-likeness (QED) is 0.849. The van der Waals surface area contributed by atoms with Gasteiger partial charge in [0.05, 0.1) is 0 Å². The largest absolute Gasteiger partial charge is 0.445 e. The fraction of sp³-hybridized carbons (Fsp3) is 0.500. The van der Waals surface area contributed by atoms with Crippen LogP contribution in [-0.4, -0.2) is 47.8 Å². The highest BCUT2D eigenvalue weighted by Crippen LogP contribution is 2.34. The number of piperazine rings is 1. The Balaban J connectivity index is 0.00000196. The van der Waals surface area contributed by atoms with E-state index in [2.05, 4.69) is 38.6 Å². The number of rotatable bonds is 3. The summed E-state index contributed by atoms with van der Waals surface area (Å²) in [5, 5.41) is 9.90. The summed E-state index contributed by atoms with van der Waals surface area (Å²) in [6.07, 6.45) is -3.35. The predicted octanol–water partition coefficient (Wildman–Crippen LogP) is 3.27. The lowest BCUT2D eigenvalue weighted by Crippen LogP contribution is -2.46. The minimum atomic E-state index is -4.42. The summed E-state index contributed by atoms with van der Waals surface area (Å²) in [5.41, 5.74) is 3.91. The van der Waals surface area contributed by atoms with E-state index in [0.29, 0.717) is 29.6 Å². The molecule has 0 bridgehead atoms. The molecule has 0 amide bonds. The molecule has 2 aromatic rings. The van der Waals surface area contributed by atoms with E-state index in [9.17, 15) is 13.2 Å². The van der Waals surface area contributed by atoms with Crippen molar-refractivity contribution in [1.29, 1.82) is 0 Å². The van der Waals surface area contributed by atoms with Gasteiger partial charge in [-0.2, -0.15) is 13.2 Å². The molecule has 1 aromatic heterocycles. The summed E-state index contributed by atoms with van der Waals surface area (Å²) in [5.74, 6) is 0. The molecule has 2 aliphatic heterocycles. The number of anilines is 2. The zero-order chi connectivity index (χ0) is 17.4. The Morgan fingerprint density at radius 1 is 1.12 bits per heavy atom. The van der Waals surface area contributed by atoms with Crippen LogP contribution in [0.15, 0.2) is 18.2 Å². The fourth-order valence-corrected chi connectivity index (χ4v) is 4.10. The summed E-state index contributed by atoms with van der Waals surface area (Å²) >= 11 is 0.618. The van der Waals surface area contributed by atoms with Crippen molar-refractivity contribution in [3.8, 4) is 0 Å². The standard InChI is InChI=1S/C16H18F3N5S.ClH/c17-16(18,19)14-21-22-15(25-14)24-8-6-23(7-9-24)10-12-3-1-2-11-4-5-20-13(11)12;/h1-3,20H,4-10H2;1H. The van der Waals surface area contributed by atoms with Gasteiger partial charge in [-0.15, -0.1) is 22.6 Å².